The van der Waals surface area contributed by atoms with Crippen LogP contribution in [0.15, 0.2) is 48.5 Å². The fourth-order valence-electron chi connectivity index (χ4n) is 2.73. The van der Waals surface area contributed by atoms with Crippen LogP contribution in [0.25, 0.3) is 6.08 Å². The average molecular weight is 350 g/mol. The van der Waals surface area contributed by atoms with Gasteiger partial charge in [0.15, 0.2) is 0 Å². The molecule has 0 aliphatic carbocycles. The molecule has 0 spiro atoms. The Morgan fingerprint density at radius 1 is 0.962 bits per heavy atom. The molecular weight excluding hydrogens is 324 g/mol. The van der Waals surface area contributed by atoms with Crippen molar-refractivity contribution < 1.29 is 9.59 Å². The van der Waals surface area contributed by atoms with Crippen LogP contribution in [0.5, 0.6) is 0 Å². The van der Waals surface area contributed by atoms with Crippen molar-refractivity contribution in [2.75, 3.05) is 19.4 Å². The second-order valence-corrected chi connectivity index (χ2v) is 6.30. The van der Waals surface area contributed by atoms with Crippen molar-refractivity contribution in [3.63, 3.8) is 0 Å². The highest BCUT2D eigenvalue weighted by Crippen LogP contribution is 2.22. The summed E-state index contributed by atoms with van der Waals surface area (Å²) in [4.78, 5) is 25.8. The third-order valence-corrected chi connectivity index (χ3v) is 4.24. The SMILES string of the molecule is CCc1cccc(CC)c1NC(=O)/C=C/c1ccc(C(=O)N(C)C)cc1. The smallest absolute Gasteiger partial charge is 0.253 e. The quantitative estimate of drug-likeness (QED) is 0.795. The maximum atomic E-state index is 12.3. The van der Waals surface area contributed by atoms with E-state index in [1.165, 1.54) is 11.0 Å². The van der Waals surface area contributed by atoms with Crippen molar-refractivity contribution in [3.05, 3.63) is 70.8 Å². The number of para-hydroxylation sites is 1. The molecule has 2 aromatic rings. The molecule has 0 aliphatic heterocycles. The molecule has 0 atom stereocenters. The van der Waals surface area contributed by atoms with Crippen molar-refractivity contribution in [2.45, 2.75) is 26.7 Å². The maximum absolute atomic E-state index is 12.3. The molecule has 0 aromatic heterocycles. The fraction of sp³-hybridized carbons (Fsp3) is 0.273. The number of benzene rings is 2. The third-order valence-electron chi connectivity index (χ3n) is 4.24. The molecule has 2 rings (SSSR count). The van der Waals surface area contributed by atoms with Gasteiger partial charge in [-0.15, -0.1) is 0 Å². The predicted molar refractivity (Wildman–Crippen MR) is 107 cm³/mol. The summed E-state index contributed by atoms with van der Waals surface area (Å²) in [7, 11) is 3.44. The highest BCUT2D eigenvalue weighted by molar-refractivity contribution is 6.03. The zero-order chi connectivity index (χ0) is 19.1. The molecule has 136 valence electrons. The van der Waals surface area contributed by atoms with E-state index in [-0.39, 0.29) is 11.8 Å². The Morgan fingerprint density at radius 2 is 1.54 bits per heavy atom. The van der Waals surface area contributed by atoms with E-state index in [2.05, 4.69) is 19.2 Å². The summed E-state index contributed by atoms with van der Waals surface area (Å²) >= 11 is 0. The van der Waals surface area contributed by atoms with E-state index >= 15 is 0 Å². The number of carbonyl (C=O) groups excluding carboxylic acids is 2. The van der Waals surface area contributed by atoms with E-state index in [1.54, 1.807) is 32.3 Å². The Morgan fingerprint density at radius 3 is 2.04 bits per heavy atom. The number of hydrogen-bond acceptors (Lipinski definition) is 2. The number of rotatable bonds is 6. The van der Waals surface area contributed by atoms with Crippen molar-refractivity contribution in [1.82, 2.24) is 4.90 Å². The fourth-order valence-corrected chi connectivity index (χ4v) is 2.73. The van der Waals surface area contributed by atoms with Crippen LogP contribution in [0.3, 0.4) is 0 Å². The minimum absolute atomic E-state index is 0.0402. The second-order valence-electron chi connectivity index (χ2n) is 6.30. The van der Waals surface area contributed by atoms with Gasteiger partial charge in [0.1, 0.15) is 0 Å². The summed E-state index contributed by atoms with van der Waals surface area (Å²) < 4.78 is 0. The maximum Gasteiger partial charge on any atom is 0.253 e. The van der Waals surface area contributed by atoms with Gasteiger partial charge in [0.05, 0.1) is 0 Å². The minimum atomic E-state index is -0.158. The summed E-state index contributed by atoms with van der Waals surface area (Å²) in [5.41, 5.74) is 4.69. The summed E-state index contributed by atoms with van der Waals surface area (Å²) in [6.07, 6.45) is 5.01. The van der Waals surface area contributed by atoms with Crippen LogP contribution in [0.2, 0.25) is 0 Å². The van der Waals surface area contributed by atoms with Gasteiger partial charge in [-0.25, -0.2) is 0 Å². The molecule has 0 saturated carbocycles. The van der Waals surface area contributed by atoms with Crippen LogP contribution >= 0.6 is 0 Å². The molecule has 26 heavy (non-hydrogen) atoms. The number of nitrogens with zero attached hydrogens (tertiary/aromatic N) is 1. The van der Waals surface area contributed by atoms with E-state index in [0.717, 1.165) is 35.2 Å². The lowest BCUT2D eigenvalue weighted by atomic mass is 10.0. The Labute approximate surface area is 155 Å². The van der Waals surface area contributed by atoms with Crippen LogP contribution in [0, 0.1) is 0 Å². The van der Waals surface area contributed by atoms with Crippen molar-refractivity contribution >= 4 is 23.6 Å². The number of carbonyl (C=O) groups is 2. The molecule has 0 radical (unpaired) electrons. The lowest BCUT2D eigenvalue weighted by Crippen LogP contribution is -2.21. The highest BCUT2D eigenvalue weighted by Gasteiger charge is 2.09. The van der Waals surface area contributed by atoms with Gasteiger partial charge in [0.2, 0.25) is 5.91 Å². The Kier molecular flexibility index (Phi) is 6.73. The lowest BCUT2D eigenvalue weighted by Gasteiger charge is -2.13. The predicted octanol–water partition coefficient (Wildman–Crippen LogP) is 4.17. The van der Waals surface area contributed by atoms with Crippen LogP contribution in [0.1, 0.15) is 40.9 Å². The van der Waals surface area contributed by atoms with Crippen LogP contribution in [0.4, 0.5) is 5.69 Å². The molecule has 0 fully saturated rings. The third kappa shape index (κ3) is 4.82. The number of hydrogen-bond donors (Lipinski definition) is 1. The number of nitrogens with one attached hydrogen (secondary N) is 1. The normalized spacial score (nSPS) is 10.8. The molecule has 0 aliphatic rings. The van der Waals surface area contributed by atoms with E-state index in [9.17, 15) is 9.59 Å². The molecular formula is C22H26N2O2. The Balaban J connectivity index is 2.10. The van der Waals surface area contributed by atoms with Gasteiger partial charge in [-0.05, 0) is 47.7 Å². The second kappa shape index (κ2) is 8.99. The number of anilines is 1. The van der Waals surface area contributed by atoms with Gasteiger partial charge >= 0.3 is 0 Å². The van der Waals surface area contributed by atoms with E-state index in [0.29, 0.717) is 5.56 Å². The van der Waals surface area contributed by atoms with E-state index in [4.69, 9.17) is 0 Å². The van der Waals surface area contributed by atoms with E-state index < -0.39 is 0 Å². The molecule has 0 bridgehead atoms. The zero-order valence-electron chi connectivity index (χ0n) is 15.9. The molecule has 0 heterocycles. The van der Waals surface area contributed by atoms with Gasteiger partial charge in [-0.2, -0.15) is 0 Å². The van der Waals surface area contributed by atoms with Crippen molar-refractivity contribution in [1.29, 1.82) is 0 Å². The number of aryl methyl sites for hydroxylation is 2. The van der Waals surface area contributed by atoms with Gasteiger partial charge in [-0.3, -0.25) is 9.59 Å². The van der Waals surface area contributed by atoms with Gasteiger partial charge in [0, 0.05) is 31.4 Å². The standard InChI is InChI=1S/C22H26N2O2/c1-5-17-8-7-9-18(6-2)21(17)23-20(25)15-12-16-10-13-19(14-11-16)22(26)24(3)4/h7-15H,5-6H2,1-4H3,(H,23,25)/b15-12+. The average Bonchev–Trinajstić information content (AvgIpc) is 2.66. The first-order valence-corrected chi connectivity index (χ1v) is 8.87. The summed E-state index contributed by atoms with van der Waals surface area (Å²) in [5, 5.41) is 3.01. The highest BCUT2D eigenvalue weighted by atomic mass is 16.2. The molecule has 0 unspecified atom stereocenters. The Hall–Kier alpha value is -2.88. The molecule has 2 amide bonds. The summed E-state index contributed by atoms with van der Waals surface area (Å²) in [6, 6.07) is 13.3. The lowest BCUT2D eigenvalue weighted by molar-refractivity contribution is -0.111. The molecule has 4 heteroatoms. The molecule has 0 saturated heterocycles. The molecule has 1 N–H and O–H groups in total. The van der Waals surface area contributed by atoms with Gasteiger partial charge < -0.3 is 10.2 Å². The van der Waals surface area contributed by atoms with Crippen LogP contribution in [-0.4, -0.2) is 30.8 Å². The van der Waals surface area contributed by atoms with E-state index in [1.807, 2.05) is 30.3 Å². The van der Waals surface area contributed by atoms with Crippen LogP contribution < -0.4 is 5.32 Å². The van der Waals surface area contributed by atoms with Gasteiger partial charge in [0.25, 0.3) is 5.91 Å². The van der Waals surface area contributed by atoms with Gasteiger partial charge in [-0.1, -0.05) is 44.2 Å². The largest absolute Gasteiger partial charge is 0.345 e. The first kappa shape index (κ1) is 19.4. The number of amides is 2. The first-order chi connectivity index (χ1) is 12.5. The first-order valence-electron chi connectivity index (χ1n) is 8.87. The van der Waals surface area contributed by atoms with Crippen molar-refractivity contribution in [2.24, 2.45) is 0 Å². The zero-order valence-corrected chi connectivity index (χ0v) is 15.9. The molecule has 4 nitrogen and oxygen atoms in total. The topological polar surface area (TPSA) is 49.4 Å². The van der Waals surface area contributed by atoms with Crippen LogP contribution in [-0.2, 0) is 17.6 Å². The minimum Gasteiger partial charge on any atom is -0.345 e. The van der Waals surface area contributed by atoms with Crippen molar-refractivity contribution in [3.8, 4) is 0 Å². The summed E-state index contributed by atoms with van der Waals surface area (Å²) in [5.74, 6) is -0.199. The monoisotopic (exact) mass is 350 g/mol. The summed E-state index contributed by atoms with van der Waals surface area (Å²) in [6.45, 7) is 4.16. The Bertz CT molecular complexity index is 783. The molecule has 2 aromatic carbocycles.